The maximum Gasteiger partial charge on any atom is 0.410 e. The van der Waals surface area contributed by atoms with Gasteiger partial charge in [-0.2, -0.15) is 0 Å². The highest BCUT2D eigenvalue weighted by Crippen LogP contribution is 2.15. The van der Waals surface area contributed by atoms with Crippen LogP contribution in [0.2, 0.25) is 0 Å². The molecule has 2 rings (SSSR count). The van der Waals surface area contributed by atoms with Crippen molar-refractivity contribution >= 4 is 24.4 Å². The standard InChI is InChI=1S/C32H55N3O3.ClH/c1-3-4-5-6-7-8-9-10-11-12-13-14-15-16-17-20-23-33-31(36)30-22-19-18-21-29(30)28-38-32(37)35-26-24-34(2)25-27-35;/h18-19,21-22H,3-17,20,23-28H2,1-2H3,(H,33,36);1H. The van der Waals surface area contributed by atoms with Crippen molar-refractivity contribution in [3.63, 3.8) is 0 Å². The fourth-order valence-electron chi connectivity index (χ4n) is 5.06. The summed E-state index contributed by atoms with van der Waals surface area (Å²) in [5.74, 6) is -0.0859. The lowest BCUT2D eigenvalue weighted by molar-refractivity contribution is 0.0760. The minimum Gasteiger partial charge on any atom is -0.445 e. The minimum absolute atomic E-state index is 0. The van der Waals surface area contributed by atoms with E-state index in [1.807, 2.05) is 24.3 Å². The van der Waals surface area contributed by atoms with Gasteiger partial charge in [0.2, 0.25) is 0 Å². The maximum absolute atomic E-state index is 12.7. The molecule has 1 aliphatic rings. The van der Waals surface area contributed by atoms with Crippen LogP contribution in [0.3, 0.4) is 0 Å². The molecule has 1 N–H and O–H groups in total. The monoisotopic (exact) mass is 565 g/mol. The quantitative estimate of drug-likeness (QED) is 0.163. The molecule has 0 spiro atoms. The highest BCUT2D eigenvalue weighted by molar-refractivity contribution is 5.95. The number of likely N-dealkylation sites (N-methyl/N-ethyl adjacent to an activating group) is 1. The van der Waals surface area contributed by atoms with Gasteiger partial charge < -0.3 is 19.9 Å². The third-order valence-electron chi connectivity index (χ3n) is 7.69. The summed E-state index contributed by atoms with van der Waals surface area (Å²) in [5.41, 5.74) is 1.34. The van der Waals surface area contributed by atoms with Gasteiger partial charge in [-0.1, -0.05) is 121 Å². The number of amides is 2. The van der Waals surface area contributed by atoms with Crippen molar-refractivity contribution in [3.05, 3.63) is 35.4 Å². The molecule has 7 heteroatoms. The first-order valence-electron chi connectivity index (χ1n) is 15.6. The van der Waals surface area contributed by atoms with Crippen molar-refractivity contribution in [1.29, 1.82) is 0 Å². The summed E-state index contributed by atoms with van der Waals surface area (Å²) in [6.07, 6.45) is 21.2. The van der Waals surface area contributed by atoms with Crippen LogP contribution in [-0.4, -0.2) is 61.6 Å². The molecular formula is C32H56ClN3O3. The van der Waals surface area contributed by atoms with Crippen LogP contribution in [-0.2, 0) is 11.3 Å². The van der Waals surface area contributed by atoms with Crippen molar-refractivity contribution < 1.29 is 14.3 Å². The fourth-order valence-corrected chi connectivity index (χ4v) is 5.06. The zero-order valence-electron chi connectivity index (χ0n) is 24.9. The SMILES string of the molecule is CCCCCCCCCCCCCCCCCCNC(=O)c1ccccc1COC(=O)N1CCN(C)CC1.Cl. The van der Waals surface area contributed by atoms with E-state index in [2.05, 4.69) is 24.2 Å². The minimum atomic E-state index is -0.304. The van der Waals surface area contributed by atoms with E-state index in [9.17, 15) is 9.59 Å². The molecule has 2 amide bonds. The number of hydrogen-bond donors (Lipinski definition) is 1. The second kappa shape index (κ2) is 23.0. The fraction of sp³-hybridized carbons (Fsp3) is 0.750. The van der Waals surface area contributed by atoms with Gasteiger partial charge in [0.15, 0.2) is 0 Å². The van der Waals surface area contributed by atoms with Gasteiger partial charge in [-0.15, -0.1) is 12.4 Å². The van der Waals surface area contributed by atoms with Crippen molar-refractivity contribution in [2.45, 2.75) is 116 Å². The topological polar surface area (TPSA) is 61.9 Å². The van der Waals surface area contributed by atoms with E-state index in [1.54, 1.807) is 4.90 Å². The summed E-state index contributed by atoms with van der Waals surface area (Å²) < 4.78 is 5.52. The number of ether oxygens (including phenoxy) is 1. The van der Waals surface area contributed by atoms with E-state index < -0.39 is 0 Å². The van der Waals surface area contributed by atoms with Crippen molar-refractivity contribution in [2.75, 3.05) is 39.8 Å². The second-order valence-electron chi connectivity index (χ2n) is 11.1. The normalized spacial score (nSPS) is 13.6. The molecular weight excluding hydrogens is 510 g/mol. The van der Waals surface area contributed by atoms with Gasteiger partial charge in [0, 0.05) is 43.9 Å². The van der Waals surface area contributed by atoms with Gasteiger partial charge in [0.05, 0.1) is 0 Å². The van der Waals surface area contributed by atoms with Gasteiger partial charge >= 0.3 is 6.09 Å². The van der Waals surface area contributed by atoms with E-state index >= 15 is 0 Å². The summed E-state index contributed by atoms with van der Waals surface area (Å²) in [6.45, 7) is 6.15. The Balaban J connectivity index is 0.00000760. The Bertz CT molecular complexity index is 769. The van der Waals surface area contributed by atoms with E-state index in [0.29, 0.717) is 25.2 Å². The van der Waals surface area contributed by atoms with E-state index in [1.165, 1.54) is 89.9 Å². The van der Waals surface area contributed by atoms with Gasteiger partial charge in [-0.05, 0) is 19.5 Å². The molecule has 0 radical (unpaired) electrons. The van der Waals surface area contributed by atoms with Crippen molar-refractivity contribution in [3.8, 4) is 0 Å². The number of benzene rings is 1. The number of halogens is 1. The molecule has 6 nitrogen and oxygen atoms in total. The molecule has 1 aromatic rings. The number of carbonyl (C=O) groups excluding carboxylic acids is 2. The van der Waals surface area contributed by atoms with Crippen LogP contribution in [0.15, 0.2) is 24.3 Å². The number of unbranched alkanes of at least 4 members (excludes halogenated alkanes) is 15. The van der Waals surface area contributed by atoms with Gasteiger partial charge in [0.1, 0.15) is 6.61 Å². The number of nitrogens with one attached hydrogen (secondary N) is 1. The van der Waals surface area contributed by atoms with Crippen LogP contribution in [0.5, 0.6) is 0 Å². The predicted molar refractivity (Wildman–Crippen MR) is 165 cm³/mol. The van der Waals surface area contributed by atoms with E-state index in [0.717, 1.165) is 31.5 Å². The van der Waals surface area contributed by atoms with Crippen LogP contribution in [0.4, 0.5) is 4.79 Å². The second-order valence-corrected chi connectivity index (χ2v) is 11.1. The molecule has 1 fully saturated rings. The smallest absolute Gasteiger partial charge is 0.410 e. The number of nitrogens with zero attached hydrogens (tertiary/aromatic N) is 2. The Morgan fingerprint density at radius 2 is 1.23 bits per heavy atom. The number of carbonyl (C=O) groups is 2. The number of piperazine rings is 1. The predicted octanol–water partition coefficient (Wildman–Crippen LogP) is 7.98. The molecule has 1 aromatic carbocycles. The molecule has 1 aliphatic heterocycles. The molecule has 0 bridgehead atoms. The largest absolute Gasteiger partial charge is 0.445 e. The Hall–Kier alpha value is -1.79. The third-order valence-corrected chi connectivity index (χ3v) is 7.69. The third kappa shape index (κ3) is 16.2. The summed E-state index contributed by atoms with van der Waals surface area (Å²) >= 11 is 0. The lowest BCUT2D eigenvalue weighted by Crippen LogP contribution is -2.47. The first kappa shape index (κ1) is 35.2. The van der Waals surface area contributed by atoms with Gasteiger partial charge in [0.25, 0.3) is 5.91 Å². The molecule has 39 heavy (non-hydrogen) atoms. The average Bonchev–Trinajstić information content (AvgIpc) is 2.93. The van der Waals surface area contributed by atoms with Crippen LogP contribution in [0.25, 0.3) is 0 Å². The average molecular weight is 566 g/mol. The summed E-state index contributed by atoms with van der Waals surface area (Å²) in [4.78, 5) is 29.1. The molecule has 0 saturated carbocycles. The highest BCUT2D eigenvalue weighted by atomic mass is 35.5. The lowest BCUT2D eigenvalue weighted by Gasteiger charge is -2.31. The number of hydrogen-bond acceptors (Lipinski definition) is 4. The summed E-state index contributed by atoms with van der Waals surface area (Å²) in [5, 5.41) is 3.05. The molecule has 224 valence electrons. The van der Waals surface area contributed by atoms with Crippen LogP contribution in [0, 0.1) is 0 Å². The Labute approximate surface area is 245 Å². The molecule has 0 unspecified atom stereocenters. The molecule has 1 saturated heterocycles. The first-order chi connectivity index (χ1) is 18.6. The van der Waals surface area contributed by atoms with Crippen LogP contribution in [0.1, 0.15) is 126 Å². The molecule has 1 heterocycles. The van der Waals surface area contributed by atoms with Crippen LogP contribution < -0.4 is 5.32 Å². The highest BCUT2D eigenvalue weighted by Gasteiger charge is 2.21. The van der Waals surface area contributed by atoms with Gasteiger partial charge in [-0.25, -0.2) is 4.79 Å². The molecule has 0 aliphatic carbocycles. The Morgan fingerprint density at radius 1 is 0.744 bits per heavy atom. The zero-order chi connectivity index (χ0) is 27.3. The zero-order valence-corrected chi connectivity index (χ0v) is 25.7. The van der Waals surface area contributed by atoms with E-state index in [-0.39, 0.29) is 31.0 Å². The molecule has 0 aromatic heterocycles. The van der Waals surface area contributed by atoms with Crippen molar-refractivity contribution in [1.82, 2.24) is 15.1 Å². The lowest BCUT2D eigenvalue weighted by atomic mass is 10.0. The first-order valence-corrected chi connectivity index (χ1v) is 15.6. The van der Waals surface area contributed by atoms with Crippen molar-refractivity contribution in [2.24, 2.45) is 0 Å². The van der Waals surface area contributed by atoms with Crippen LogP contribution >= 0.6 is 12.4 Å². The Morgan fingerprint density at radius 3 is 1.77 bits per heavy atom. The van der Waals surface area contributed by atoms with Gasteiger partial charge in [-0.3, -0.25) is 4.79 Å². The Kier molecular flexibility index (Phi) is 20.8. The maximum atomic E-state index is 12.7. The molecule has 0 atom stereocenters. The number of rotatable bonds is 20. The van der Waals surface area contributed by atoms with E-state index in [4.69, 9.17) is 4.74 Å². The summed E-state index contributed by atoms with van der Waals surface area (Å²) in [6, 6.07) is 7.41. The summed E-state index contributed by atoms with van der Waals surface area (Å²) in [7, 11) is 2.05.